The summed E-state index contributed by atoms with van der Waals surface area (Å²) in [5.74, 6) is 0.731. The van der Waals surface area contributed by atoms with Crippen molar-refractivity contribution >= 4 is 10.0 Å². The van der Waals surface area contributed by atoms with E-state index >= 15 is 0 Å². The Bertz CT molecular complexity index is 568. The van der Waals surface area contributed by atoms with Crippen LogP contribution >= 0.6 is 0 Å². The van der Waals surface area contributed by atoms with Crippen LogP contribution < -0.4 is 5.73 Å². The first-order chi connectivity index (χ1) is 8.98. The lowest BCUT2D eigenvalue weighted by molar-refractivity contribution is 0.260. The molecule has 1 aliphatic heterocycles. The van der Waals surface area contributed by atoms with E-state index < -0.39 is 10.0 Å². The van der Waals surface area contributed by atoms with Gasteiger partial charge >= 0.3 is 0 Å². The van der Waals surface area contributed by atoms with Crippen LogP contribution in [-0.2, 0) is 17.1 Å². The summed E-state index contributed by atoms with van der Waals surface area (Å²) >= 11 is 0. The number of hydrogen-bond donors (Lipinski definition) is 1. The van der Waals surface area contributed by atoms with Crippen LogP contribution in [0, 0.1) is 11.8 Å². The first-order valence-corrected chi connectivity index (χ1v) is 8.16. The van der Waals surface area contributed by atoms with E-state index in [1.807, 2.05) is 0 Å². The summed E-state index contributed by atoms with van der Waals surface area (Å²) < 4.78 is 28.2. The largest absolute Gasteiger partial charge is 0.339 e. The van der Waals surface area contributed by atoms with Crippen molar-refractivity contribution in [1.82, 2.24) is 13.9 Å². The molecule has 6 nitrogen and oxygen atoms in total. The van der Waals surface area contributed by atoms with Crippen LogP contribution in [0.5, 0.6) is 0 Å². The number of nitrogens with zero attached hydrogens (tertiary/aromatic N) is 3. The number of rotatable bonds is 2. The minimum absolute atomic E-state index is 0.141. The molecule has 2 aliphatic rings. The maximum atomic E-state index is 12.5. The molecule has 2 fully saturated rings. The van der Waals surface area contributed by atoms with E-state index in [9.17, 15) is 8.42 Å². The van der Waals surface area contributed by atoms with Gasteiger partial charge in [-0.3, -0.25) is 0 Å². The molecule has 0 radical (unpaired) electrons. The molecule has 0 spiro atoms. The monoisotopic (exact) mass is 284 g/mol. The number of hydrogen-bond acceptors (Lipinski definition) is 4. The van der Waals surface area contributed by atoms with Gasteiger partial charge in [-0.25, -0.2) is 13.4 Å². The van der Waals surface area contributed by atoms with Crippen LogP contribution in [0.3, 0.4) is 0 Å². The Hall–Kier alpha value is -0.920. The highest BCUT2D eigenvalue weighted by Crippen LogP contribution is 2.37. The Labute approximate surface area is 113 Å². The summed E-state index contributed by atoms with van der Waals surface area (Å²) in [5.41, 5.74) is 6.13. The second-order valence-corrected chi connectivity index (χ2v) is 7.60. The zero-order valence-electron chi connectivity index (χ0n) is 11.1. The molecule has 1 aromatic rings. The predicted octanol–water partition coefficient (Wildman–Crippen LogP) is 0.168. The Balaban J connectivity index is 1.84. The number of nitrogens with two attached hydrogens (primary N) is 1. The number of imidazole rings is 1. The summed E-state index contributed by atoms with van der Waals surface area (Å²) in [4.78, 5) is 3.97. The molecule has 1 aromatic heterocycles. The maximum absolute atomic E-state index is 12.5. The molecule has 106 valence electrons. The lowest BCUT2D eigenvalue weighted by atomic mass is 9.78. The standard InChI is InChI=1S/C12H20N4O2S/c1-15-7-12(14-8-15)19(17,18)16-5-9-3-2-4-11(13)10(9)6-16/h7-11H,2-6,13H2,1H3. The van der Waals surface area contributed by atoms with Crippen LogP contribution in [0.25, 0.3) is 0 Å². The van der Waals surface area contributed by atoms with Gasteiger partial charge in [0.15, 0.2) is 5.03 Å². The van der Waals surface area contributed by atoms with Gasteiger partial charge in [0.25, 0.3) is 10.0 Å². The minimum atomic E-state index is -3.45. The van der Waals surface area contributed by atoms with Crippen LogP contribution in [0.2, 0.25) is 0 Å². The molecule has 1 saturated heterocycles. The number of aryl methyl sites for hydroxylation is 1. The molecule has 3 atom stereocenters. The SMILES string of the molecule is Cn1cnc(S(=O)(=O)N2CC3CCCC(N)C3C2)c1. The smallest absolute Gasteiger partial charge is 0.262 e. The molecule has 0 bridgehead atoms. The second kappa shape index (κ2) is 4.57. The third kappa shape index (κ3) is 2.19. The van der Waals surface area contributed by atoms with E-state index in [0.717, 1.165) is 19.3 Å². The third-order valence-corrected chi connectivity index (χ3v) is 6.12. The maximum Gasteiger partial charge on any atom is 0.262 e. The molecular formula is C12H20N4O2S. The number of sulfonamides is 1. The molecule has 2 N–H and O–H groups in total. The van der Waals surface area contributed by atoms with Gasteiger partial charge in [0.1, 0.15) is 0 Å². The first-order valence-electron chi connectivity index (χ1n) is 6.72. The van der Waals surface area contributed by atoms with E-state index in [1.54, 1.807) is 22.1 Å². The van der Waals surface area contributed by atoms with Crippen molar-refractivity contribution in [3.8, 4) is 0 Å². The fourth-order valence-electron chi connectivity index (χ4n) is 3.33. The van der Waals surface area contributed by atoms with E-state index in [0.29, 0.717) is 24.9 Å². The fraction of sp³-hybridized carbons (Fsp3) is 0.750. The van der Waals surface area contributed by atoms with E-state index in [-0.39, 0.29) is 11.1 Å². The van der Waals surface area contributed by atoms with Crippen LogP contribution in [0.4, 0.5) is 0 Å². The first kappa shape index (κ1) is 13.1. The predicted molar refractivity (Wildman–Crippen MR) is 70.8 cm³/mol. The normalized spacial score (nSPS) is 32.4. The quantitative estimate of drug-likeness (QED) is 0.839. The third-order valence-electron chi connectivity index (χ3n) is 4.41. The molecule has 3 unspecified atom stereocenters. The van der Waals surface area contributed by atoms with Gasteiger partial charge < -0.3 is 10.3 Å². The molecule has 0 aromatic carbocycles. The summed E-state index contributed by atoms with van der Waals surface area (Å²) in [6, 6.07) is 0.141. The average molecular weight is 284 g/mol. The van der Waals surface area contributed by atoms with E-state index in [4.69, 9.17) is 5.73 Å². The Morgan fingerprint density at radius 3 is 2.79 bits per heavy atom. The molecule has 7 heteroatoms. The van der Waals surface area contributed by atoms with Crippen LogP contribution in [0.15, 0.2) is 17.6 Å². The highest BCUT2D eigenvalue weighted by molar-refractivity contribution is 7.89. The van der Waals surface area contributed by atoms with E-state index in [2.05, 4.69) is 4.98 Å². The van der Waals surface area contributed by atoms with E-state index in [1.165, 1.54) is 6.33 Å². The molecule has 0 amide bonds. The molecule has 3 rings (SSSR count). The van der Waals surface area contributed by atoms with Gasteiger partial charge in [-0.15, -0.1) is 0 Å². The van der Waals surface area contributed by atoms with Crippen molar-refractivity contribution in [1.29, 1.82) is 0 Å². The van der Waals surface area contributed by atoms with Crippen molar-refractivity contribution in [3.63, 3.8) is 0 Å². The fourth-order valence-corrected chi connectivity index (χ4v) is 4.83. The van der Waals surface area contributed by atoms with Crippen molar-refractivity contribution in [2.24, 2.45) is 24.6 Å². The zero-order valence-corrected chi connectivity index (χ0v) is 11.9. The highest BCUT2D eigenvalue weighted by atomic mass is 32.2. The number of fused-ring (bicyclic) bond motifs is 1. The highest BCUT2D eigenvalue weighted by Gasteiger charge is 2.43. The zero-order chi connectivity index (χ0) is 13.6. The summed E-state index contributed by atoms with van der Waals surface area (Å²) in [6.45, 7) is 1.14. The summed E-state index contributed by atoms with van der Waals surface area (Å²) in [5, 5.41) is 0.141. The molecule has 19 heavy (non-hydrogen) atoms. The Morgan fingerprint density at radius 2 is 2.16 bits per heavy atom. The van der Waals surface area contributed by atoms with Crippen molar-refractivity contribution in [2.75, 3.05) is 13.1 Å². The van der Waals surface area contributed by atoms with Gasteiger partial charge in [-0.05, 0) is 24.7 Å². The molecule has 2 heterocycles. The lowest BCUT2D eigenvalue weighted by Crippen LogP contribution is -2.38. The lowest BCUT2D eigenvalue weighted by Gasteiger charge is -2.29. The Kier molecular flexibility index (Phi) is 3.15. The van der Waals surface area contributed by atoms with Gasteiger partial charge in [0.05, 0.1) is 6.33 Å². The summed E-state index contributed by atoms with van der Waals surface area (Å²) in [6.07, 6.45) is 6.28. The second-order valence-electron chi connectivity index (χ2n) is 5.72. The van der Waals surface area contributed by atoms with Crippen LogP contribution in [0.1, 0.15) is 19.3 Å². The topological polar surface area (TPSA) is 81.2 Å². The van der Waals surface area contributed by atoms with Gasteiger partial charge in [-0.1, -0.05) is 6.42 Å². The van der Waals surface area contributed by atoms with Crippen molar-refractivity contribution in [3.05, 3.63) is 12.5 Å². The number of aromatic nitrogens is 2. The molecule has 1 saturated carbocycles. The molecular weight excluding hydrogens is 264 g/mol. The van der Waals surface area contributed by atoms with Gasteiger partial charge in [-0.2, -0.15) is 4.31 Å². The Morgan fingerprint density at radius 1 is 1.37 bits per heavy atom. The van der Waals surface area contributed by atoms with Gasteiger partial charge in [0.2, 0.25) is 0 Å². The molecule has 1 aliphatic carbocycles. The van der Waals surface area contributed by atoms with Crippen molar-refractivity contribution in [2.45, 2.75) is 30.3 Å². The van der Waals surface area contributed by atoms with Crippen LogP contribution in [-0.4, -0.2) is 41.4 Å². The van der Waals surface area contributed by atoms with Crippen molar-refractivity contribution < 1.29 is 8.42 Å². The minimum Gasteiger partial charge on any atom is -0.339 e. The summed E-state index contributed by atoms with van der Waals surface area (Å²) in [7, 11) is -1.68. The average Bonchev–Trinajstić information content (AvgIpc) is 2.96. The van der Waals surface area contributed by atoms with Gasteiger partial charge in [0, 0.05) is 32.4 Å².